The molecular formula is C10H14N2O2. The highest BCUT2D eigenvalue weighted by molar-refractivity contribution is 5.87. The van der Waals surface area contributed by atoms with Gasteiger partial charge < -0.3 is 10.0 Å². The van der Waals surface area contributed by atoms with Gasteiger partial charge in [0.25, 0.3) is 0 Å². The van der Waals surface area contributed by atoms with Crippen molar-refractivity contribution in [1.29, 1.82) is 5.26 Å². The smallest absolute Gasteiger partial charge is 0.243 e. The van der Waals surface area contributed by atoms with Gasteiger partial charge in [0.2, 0.25) is 5.91 Å². The Morgan fingerprint density at radius 2 is 2.14 bits per heavy atom. The summed E-state index contributed by atoms with van der Waals surface area (Å²) in [6.45, 7) is 2.85. The van der Waals surface area contributed by atoms with Crippen molar-refractivity contribution in [3.05, 3.63) is 0 Å². The van der Waals surface area contributed by atoms with E-state index in [1.54, 1.807) is 4.90 Å². The van der Waals surface area contributed by atoms with E-state index in [9.17, 15) is 4.79 Å². The van der Waals surface area contributed by atoms with Gasteiger partial charge in [-0.05, 0) is 18.8 Å². The number of aliphatic hydroxyl groups is 1. The Morgan fingerprint density at radius 3 is 2.50 bits per heavy atom. The molecule has 4 heteroatoms. The van der Waals surface area contributed by atoms with Crippen molar-refractivity contribution in [2.75, 3.05) is 13.1 Å². The third-order valence-electron chi connectivity index (χ3n) is 3.17. The number of amides is 1. The molecule has 1 saturated heterocycles. The maximum Gasteiger partial charge on any atom is 0.243 e. The van der Waals surface area contributed by atoms with Crippen molar-refractivity contribution in [2.45, 2.75) is 25.9 Å². The van der Waals surface area contributed by atoms with E-state index < -0.39 is 5.41 Å². The van der Waals surface area contributed by atoms with Gasteiger partial charge in [-0.1, -0.05) is 6.92 Å². The minimum absolute atomic E-state index is 0.0802. The molecule has 1 amide bonds. The fraction of sp³-hybridized carbons (Fsp3) is 0.800. The Labute approximate surface area is 83.1 Å². The van der Waals surface area contributed by atoms with Crippen LogP contribution in [0.25, 0.3) is 0 Å². The summed E-state index contributed by atoms with van der Waals surface area (Å²) in [4.78, 5) is 13.4. The summed E-state index contributed by atoms with van der Waals surface area (Å²) in [6, 6.07) is 2.14. The van der Waals surface area contributed by atoms with Crippen LogP contribution in [0.1, 0.15) is 19.8 Å². The van der Waals surface area contributed by atoms with Crippen LogP contribution in [0.5, 0.6) is 0 Å². The van der Waals surface area contributed by atoms with E-state index in [2.05, 4.69) is 6.07 Å². The number of aliphatic hydroxyl groups excluding tert-OH is 1. The molecule has 0 bridgehead atoms. The highest BCUT2D eigenvalue weighted by atomic mass is 16.3. The van der Waals surface area contributed by atoms with Gasteiger partial charge in [0, 0.05) is 13.1 Å². The molecule has 0 aromatic rings. The van der Waals surface area contributed by atoms with Crippen LogP contribution in [0.3, 0.4) is 0 Å². The van der Waals surface area contributed by atoms with Crippen LogP contribution in [0.15, 0.2) is 0 Å². The number of carbonyl (C=O) groups is 1. The molecule has 4 nitrogen and oxygen atoms in total. The Balaban J connectivity index is 2.01. The third kappa shape index (κ3) is 1.20. The van der Waals surface area contributed by atoms with Gasteiger partial charge in [0.05, 0.1) is 12.2 Å². The van der Waals surface area contributed by atoms with E-state index in [1.807, 2.05) is 6.92 Å². The minimum atomic E-state index is -0.764. The van der Waals surface area contributed by atoms with Gasteiger partial charge in [-0.2, -0.15) is 5.26 Å². The summed E-state index contributed by atoms with van der Waals surface area (Å²) in [6.07, 6.45) is 0.969. The first-order valence-electron chi connectivity index (χ1n) is 4.96. The molecule has 1 aliphatic heterocycles. The van der Waals surface area contributed by atoms with Gasteiger partial charge in [-0.25, -0.2) is 0 Å². The van der Waals surface area contributed by atoms with Crippen molar-refractivity contribution >= 4 is 5.91 Å². The zero-order valence-corrected chi connectivity index (χ0v) is 8.23. The lowest BCUT2D eigenvalue weighted by atomic mass is 9.62. The molecule has 1 aliphatic carbocycles. The molecule has 76 valence electrons. The number of β-amino-alcohol motifs (C(OH)–C–C–N with tert-alkyl or cyclic N) is 1. The Hall–Kier alpha value is -1.08. The molecule has 0 unspecified atom stereocenters. The lowest BCUT2D eigenvalue weighted by molar-refractivity contribution is -0.155. The maximum absolute atomic E-state index is 11.8. The number of likely N-dealkylation sites (tertiary alicyclic amines) is 1. The van der Waals surface area contributed by atoms with Gasteiger partial charge in [-0.3, -0.25) is 4.79 Å². The second kappa shape index (κ2) is 2.96. The molecular weight excluding hydrogens is 180 g/mol. The maximum atomic E-state index is 11.8. The average Bonchev–Trinajstić information content (AvgIpc) is 2.06. The molecule has 1 heterocycles. The SMILES string of the molecule is CC1CC(C#N)(C(=O)N2CC(O)C2)C1. The first-order valence-corrected chi connectivity index (χ1v) is 4.96. The van der Waals surface area contributed by atoms with Crippen LogP contribution in [0.2, 0.25) is 0 Å². The van der Waals surface area contributed by atoms with Crippen LogP contribution >= 0.6 is 0 Å². The average molecular weight is 194 g/mol. The number of rotatable bonds is 1. The molecule has 2 fully saturated rings. The zero-order chi connectivity index (χ0) is 10.3. The Kier molecular flexibility index (Phi) is 2.00. The summed E-state index contributed by atoms with van der Waals surface area (Å²) in [5.41, 5.74) is -0.764. The van der Waals surface area contributed by atoms with Gasteiger partial charge >= 0.3 is 0 Å². The molecule has 0 radical (unpaired) electrons. The standard InChI is InChI=1S/C10H14N2O2/c1-7-2-10(3-7,6-11)9(14)12-4-8(13)5-12/h7-8,13H,2-5H2,1H3. The number of nitriles is 1. The number of hydrogen-bond donors (Lipinski definition) is 1. The van der Waals surface area contributed by atoms with Gasteiger partial charge in [0.15, 0.2) is 0 Å². The highest BCUT2D eigenvalue weighted by Gasteiger charge is 2.52. The lowest BCUT2D eigenvalue weighted by Crippen LogP contribution is -2.60. The van der Waals surface area contributed by atoms with Crippen molar-refractivity contribution in [3.8, 4) is 6.07 Å². The van der Waals surface area contributed by atoms with Crippen LogP contribution < -0.4 is 0 Å². The van der Waals surface area contributed by atoms with Crippen LogP contribution in [-0.4, -0.2) is 35.1 Å². The largest absolute Gasteiger partial charge is 0.389 e. The van der Waals surface area contributed by atoms with Crippen LogP contribution in [0.4, 0.5) is 0 Å². The van der Waals surface area contributed by atoms with E-state index >= 15 is 0 Å². The fourth-order valence-electron chi connectivity index (χ4n) is 2.37. The summed E-state index contributed by atoms with van der Waals surface area (Å²) in [7, 11) is 0. The molecule has 0 aromatic heterocycles. The fourth-order valence-corrected chi connectivity index (χ4v) is 2.37. The molecule has 0 spiro atoms. The molecule has 2 aliphatic rings. The second-order valence-electron chi connectivity index (χ2n) is 4.57. The monoisotopic (exact) mass is 194 g/mol. The Morgan fingerprint density at radius 1 is 1.57 bits per heavy atom. The van der Waals surface area contributed by atoms with Crippen molar-refractivity contribution in [2.24, 2.45) is 11.3 Å². The predicted octanol–water partition coefficient (Wildman–Crippen LogP) is 0.129. The lowest BCUT2D eigenvalue weighted by Gasteiger charge is -2.46. The minimum Gasteiger partial charge on any atom is -0.389 e. The Bertz CT molecular complexity index is 296. The summed E-state index contributed by atoms with van der Waals surface area (Å²) < 4.78 is 0. The molecule has 0 atom stereocenters. The quantitative estimate of drug-likeness (QED) is 0.645. The van der Waals surface area contributed by atoms with E-state index in [0.717, 1.165) is 0 Å². The zero-order valence-electron chi connectivity index (χ0n) is 8.23. The number of hydrogen-bond acceptors (Lipinski definition) is 3. The highest BCUT2D eigenvalue weighted by Crippen LogP contribution is 2.46. The summed E-state index contributed by atoms with van der Waals surface area (Å²) in [5.74, 6) is 0.396. The number of nitrogens with zero attached hydrogens (tertiary/aromatic N) is 2. The topological polar surface area (TPSA) is 64.3 Å². The normalized spacial score (nSPS) is 36.9. The van der Waals surface area contributed by atoms with Gasteiger partial charge in [-0.15, -0.1) is 0 Å². The predicted molar refractivity (Wildman–Crippen MR) is 49.0 cm³/mol. The summed E-state index contributed by atoms with van der Waals surface area (Å²) >= 11 is 0. The number of carbonyl (C=O) groups excluding carboxylic acids is 1. The first-order chi connectivity index (χ1) is 6.57. The van der Waals surface area contributed by atoms with Gasteiger partial charge in [0.1, 0.15) is 5.41 Å². The van der Waals surface area contributed by atoms with Crippen LogP contribution in [0, 0.1) is 22.7 Å². The van der Waals surface area contributed by atoms with E-state index in [1.165, 1.54) is 0 Å². The van der Waals surface area contributed by atoms with E-state index in [0.29, 0.717) is 31.8 Å². The van der Waals surface area contributed by atoms with E-state index in [-0.39, 0.29) is 12.0 Å². The van der Waals surface area contributed by atoms with Crippen molar-refractivity contribution < 1.29 is 9.90 Å². The second-order valence-corrected chi connectivity index (χ2v) is 4.57. The molecule has 14 heavy (non-hydrogen) atoms. The summed E-state index contributed by atoms with van der Waals surface area (Å²) in [5, 5.41) is 18.1. The van der Waals surface area contributed by atoms with Crippen molar-refractivity contribution in [3.63, 3.8) is 0 Å². The van der Waals surface area contributed by atoms with Crippen LogP contribution in [-0.2, 0) is 4.79 Å². The first kappa shape index (κ1) is 9.47. The molecule has 2 rings (SSSR count). The van der Waals surface area contributed by atoms with E-state index in [4.69, 9.17) is 10.4 Å². The molecule has 1 saturated carbocycles. The molecule has 0 aromatic carbocycles. The van der Waals surface area contributed by atoms with Crippen molar-refractivity contribution in [1.82, 2.24) is 4.90 Å². The third-order valence-corrected chi connectivity index (χ3v) is 3.17. The molecule has 1 N–H and O–H groups in total.